The predicted octanol–water partition coefficient (Wildman–Crippen LogP) is 5.13. The summed E-state index contributed by atoms with van der Waals surface area (Å²) in [5.74, 6) is 0.164. The Bertz CT molecular complexity index is 410. The van der Waals surface area contributed by atoms with Crippen molar-refractivity contribution in [1.29, 1.82) is 0 Å². The molecule has 0 saturated heterocycles. The van der Waals surface area contributed by atoms with Gasteiger partial charge in [-0.2, -0.15) is 0 Å². The van der Waals surface area contributed by atoms with Crippen LogP contribution in [-0.2, 0) is 19.3 Å². The van der Waals surface area contributed by atoms with Crippen molar-refractivity contribution in [2.75, 3.05) is 0 Å². The largest absolute Gasteiger partial charge is 0.504 e. The molecule has 20 heavy (non-hydrogen) atoms. The Morgan fingerprint density at radius 1 is 0.750 bits per heavy atom. The predicted molar refractivity (Wildman–Crippen MR) is 85.6 cm³/mol. The fraction of sp³-hybridized carbons (Fsp3) is 0.667. The lowest BCUT2D eigenvalue weighted by molar-refractivity contribution is 0.397. The van der Waals surface area contributed by atoms with Crippen LogP contribution >= 0.6 is 0 Å². The van der Waals surface area contributed by atoms with Crippen LogP contribution in [0.15, 0.2) is 6.07 Å². The van der Waals surface area contributed by atoms with Gasteiger partial charge in [0.15, 0.2) is 11.5 Å². The summed E-state index contributed by atoms with van der Waals surface area (Å²) in [4.78, 5) is 0. The molecule has 2 heteroatoms. The van der Waals surface area contributed by atoms with Gasteiger partial charge in [-0.3, -0.25) is 0 Å². The van der Waals surface area contributed by atoms with Crippen LogP contribution in [0.3, 0.4) is 0 Å². The SMILES string of the molecule is CCCCCc1cc(O)c(O)c(CCC)c1CCCC. The van der Waals surface area contributed by atoms with E-state index in [4.69, 9.17) is 0 Å². The lowest BCUT2D eigenvalue weighted by atomic mass is 9.90. The summed E-state index contributed by atoms with van der Waals surface area (Å²) in [6.45, 7) is 6.51. The van der Waals surface area contributed by atoms with Crippen molar-refractivity contribution in [2.24, 2.45) is 0 Å². The first kappa shape index (κ1) is 16.9. The molecule has 1 rings (SSSR count). The van der Waals surface area contributed by atoms with Gasteiger partial charge < -0.3 is 10.2 Å². The van der Waals surface area contributed by atoms with E-state index >= 15 is 0 Å². The number of unbranched alkanes of at least 4 members (excludes halogenated alkanes) is 3. The summed E-state index contributed by atoms with van der Waals surface area (Å²) >= 11 is 0. The summed E-state index contributed by atoms with van der Waals surface area (Å²) < 4.78 is 0. The highest BCUT2D eigenvalue weighted by atomic mass is 16.3. The highest BCUT2D eigenvalue weighted by Gasteiger charge is 2.16. The zero-order valence-electron chi connectivity index (χ0n) is 13.3. The smallest absolute Gasteiger partial charge is 0.160 e. The van der Waals surface area contributed by atoms with E-state index < -0.39 is 0 Å². The highest BCUT2D eigenvalue weighted by Crippen LogP contribution is 2.36. The standard InChI is InChI=1S/C18H30O2/c1-4-7-9-11-14-13-17(19)18(20)16(10-6-3)15(14)12-8-5-2/h13,19-20H,4-12H2,1-3H3. The first-order valence-corrected chi connectivity index (χ1v) is 8.21. The lowest BCUT2D eigenvalue weighted by Crippen LogP contribution is -2.02. The van der Waals surface area contributed by atoms with E-state index in [1.165, 1.54) is 24.0 Å². The molecule has 0 aromatic heterocycles. The van der Waals surface area contributed by atoms with Crippen molar-refractivity contribution >= 4 is 0 Å². The molecule has 0 radical (unpaired) electrons. The molecule has 0 aliphatic heterocycles. The molecule has 0 heterocycles. The van der Waals surface area contributed by atoms with Crippen LogP contribution in [0.2, 0.25) is 0 Å². The van der Waals surface area contributed by atoms with Gasteiger partial charge in [0.2, 0.25) is 0 Å². The minimum absolute atomic E-state index is 0.0557. The lowest BCUT2D eigenvalue weighted by Gasteiger charge is -2.17. The number of rotatable bonds is 9. The van der Waals surface area contributed by atoms with Gasteiger partial charge in [-0.15, -0.1) is 0 Å². The molecule has 2 N–H and O–H groups in total. The van der Waals surface area contributed by atoms with Gasteiger partial charge in [0, 0.05) is 5.56 Å². The van der Waals surface area contributed by atoms with Crippen LogP contribution in [0, 0.1) is 0 Å². The Hall–Kier alpha value is -1.18. The molecule has 0 spiro atoms. The normalized spacial score (nSPS) is 10.9. The quantitative estimate of drug-likeness (QED) is 0.486. The molecular weight excluding hydrogens is 248 g/mol. The van der Waals surface area contributed by atoms with Gasteiger partial charge in [0.25, 0.3) is 0 Å². The summed E-state index contributed by atoms with van der Waals surface area (Å²) in [5, 5.41) is 20.1. The van der Waals surface area contributed by atoms with E-state index in [9.17, 15) is 10.2 Å². The second-order valence-corrected chi connectivity index (χ2v) is 5.67. The maximum atomic E-state index is 10.2. The fourth-order valence-electron chi connectivity index (χ4n) is 2.78. The van der Waals surface area contributed by atoms with Gasteiger partial charge >= 0.3 is 0 Å². The molecular formula is C18H30O2. The highest BCUT2D eigenvalue weighted by molar-refractivity contribution is 5.53. The van der Waals surface area contributed by atoms with Crippen LogP contribution in [0.25, 0.3) is 0 Å². The Balaban J connectivity index is 3.10. The number of phenols is 2. The van der Waals surface area contributed by atoms with Crippen molar-refractivity contribution in [3.05, 3.63) is 22.8 Å². The van der Waals surface area contributed by atoms with Crippen molar-refractivity contribution in [2.45, 2.75) is 78.6 Å². The van der Waals surface area contributed by atoms with Gasteiger partial charge in [0.05, 0.1) is 0 Å². The average Bonchev–Trinajstić information content (AvgIpc) is 2.44. The molecule has 0 atom stereocenters. The first-order valence-electron chi connectivity index (χ1n) is 8.21. The third-order valence-corrected chi connectivity index (χ3v) is 3.92. The summed E-state index contributed by atoms with van der Waals surface area (Å²) in [6, 6.07) is 1.79. The third kappa shape index (κ3) is 4.43. The number of hydrogen-bond donors (Lipinski definition) is 2. The maximum absolute atomic E-state index is 10.2. The Kier molecular flexibility index (Phi) is 7.50. The minimum Gasteiger partial charge on any atom is -0.504 e. The van der Waals surface area contributed by atoms with Gasteiger partial charge in [-0.1, -0.05) is 46.5 Å². The molecule has 0 aliphatic carbocycles. The summed E-state index contributed by atoms with van der Waals surface area (Å²) in [7, 11) is 0. The van der Waals surface area contributed by atoms with E-state index in [0.29, 0.717) is 0 Å². The van der Waals surface area contributed by atoms with Crippen molar-refractivity contribution < 1.29 is 10.2 Å². The van der Waals surface area contributed by atoms with E-state index in [2.05, 4.69) is 20.8 Å². The monoisotopic (exact) mass is 278 g/mol. The second kappa shape index (κ2) is 8.89. The van der Waals surface area contributed by atoms with E-state index in [0.717, 1.165) is 50.5 Å². The minimum atomic E-state index is 0.0557. The number of phenolic OH excluding ortho intramolecular Hbond substituents is 2. The maximum Gasteiger partial charge on any atom is 0.160 e. The third-order valence-electron chi connectivity index (χ3n) is 3.92. The summed E-state index contributed by atoms with van der Waals surface area (Å²) in [6.07, 6.45) is 9.74. The van der Waals surface area contributed by atoms with Crippen molar-refractivity contribution in [1.82, 2.24) is 0 Å². The zero-order valence-corrected chi connectivity index (χ0v) is 13.3. The first-order chi connectivity index (χ1) is 9.65. The average molecular weight is 278 g/mol. The van der Waals surface area contributed by atoms with Gasteiger partial charge in [0.1, 0.15) is 0 Å². The van der Waals surface area contributed by atoms with Crippen LogP contribution < -0.4 is 0 Å². The van der Waals surface area contributed by atoms with Crippen LogP contribution in [0.1, 0.15) is 76.0 Å². The van der Waals surface area contributed by atoms with E-state index in [1.54, 1.807) is 6.07 Å². The Morgan fingerprint density at radius 3 is 2.05 bits per heavy atom. The van der Waals surface area contributed by atoms with E-state index in [1.807, 2.05) is 0 Å². The Labute approximate surface area is 123 Å². The van der Waals surface area contributed by atoms with Gasteiger partial charge in [-0.05, 0) is 49.3 Å². The van der Waals surface area contributed by atoms with E-state index in [-0.39, 0.29) is 11.5 Å². The molecule has 0 fully saturated rings. The molecule has 1 aromatic carbocycles. The molecule has 1 aromatic rings. The number of benzene rings is 1. The molecule has 2 nitrogen and oxygen atoms in total. The van der Waals surface area contributed by atoms with Crippen LogP contribution in [-0.4, -0.2) is 10.2 Å². The topological polar surface area (TPSA) is 40.5 Å². The van der Waals surface area contributed by atoms with Crippen molar-refractivity contribution in [3.63, 3.8) is 0 Å². The molecule has 0 unspecified atom stereocenters. The zero-order chi connectivity index (χ0) is 15.0. The molecule has 0 aliphatic rings. The number of aryl methyl sites for hydroxylation is 1. The van der Waals surface area contributed by atoms with Gasteiger partial charge in [-0.25, -0.2) is 0 Å². The number of hydrogen-bond acceptors (Lipinski definition) is 2. The summed E-state index contributed by atoms with van der Waals surface area (Å²) in [5.41, 5.74) is 3.51. The molecule has 0 amide bonds. The fourth-order valence-corrected chi connectivity index (χ4v) is 2.78. The Morgan fingerprint density at radius 2 is 1.45 bits per heavy atom. The molecule has 0 saturated carbocycles. The molecule has 0 bridgehead atoms. The number of aromatic hydroxyl groups is 2. The van der Waals surface area contributed by atoms with Crippen LogP contribution in [0.5, 0.6) is 11.5 Å². The van der Waals surface area contributed by atoms with Crippen LogP contribution in [0.4, 0.5) is 0 Å². The molecule has 114 valence electrons. The second-order valence-electron chi connectivity index (χ2n) is 5.67. The van der Waals surface area contributed by atoms with Crippen molar-refractivity contribution in [3.8, 4) is 11.5 Å².